The molecule has 164 valence electrons. The van der Waals surface area contributed by atoms with Crippen molar-refractivity contribution in [1.29, 1.82) is 0 Å². The third kappa shape index (κ3) is 4.87. The minimum absolute atomic E-state index is 0.0554. The first-order valence-corrected chi connectivity index (χ1v) is 11.4. The van der Waals surface area contributed by atoms with Crippen molar-refractivity contribution >= 4 is 11.7 Å². The third-order valence-electron chi connectivity index (χ3n) is 6.88. The van der Waals surface area contributed by atoms with Gasteiger partial charge >= 0.3 is 0 Å². The summed E-state index contributed by atoms with van der Waals surface area (Å²) in [5, 5.41) is 0. The normalized spacial score (nSPS) is 18.8. The highest BCUT2D eigenvalue weighted by Gasteiger charge is 2.45. The molecule has 2 saturated heterocycles. The molecule has 0 spiro atoms. The number of rotatable bonds is 7. The van der Waals surface area contributed by atoms with Crippen molar-refractivity contribution in [3.05, 3.63) is 71.5 Å². The lowest BCUT2D eigenvalue weighted by Gasteiger charge is -2.43. The number of carbonyl (C=O) groups excluding carboxylic acids is 2. The topological polar surface area (TPSA) is 40.6 Å². The van der Waals surface area contributed by atoms with Crippen LogP contribution < -0.4 is 0 Å². The molecule has 0 saturated carbocycles. The maximum atomic E-state index is 13.5. The summed E-state index contributed by atoms with van der Waals surface area (Å²) in [5.41, 5.74) is 1.28. The maximum Gasteiger partial charge on any atom is 0.233 e. The average Bonchev–Trinajstić information content (AvgIpc) is 3.35. The summed E-state index contributed by atoms with van der Waals surface area (Å²) in [6, 6.07) is 16.0. The van der Waals surface area contributed by atoms with Gasteiger partial charge in [-0.25, -0.2) is 4.39 Å². The van der Waals surface area contributed by atoms with E-state index in [1.54, 1.807) is 12.1 Å². The van der Waals surface area contributed by atoms with Crippen LogP contribution in [0.25, 0.3) is 0 Å². The minimum atomic E-state index is -0.425. The molecule has 4 rings (SSSR count). The van der Waals surface area contributed by atoms with Crippen LogP contribution >= 0.6 is 0 Å². The van der Waals surface area contributed by atoms with Gasteiger partial charge in [0.05, 0.1) is 5.41 Å². The number of halogens is 1. The van der Waals surface area contributed by atoms with E-state index in [2.05, 4.69) is 21.9 Å². The zero-order chi connectivity index (χ0) is 21.7. The summed E-state index contributed by atoms with van der Waals surface area (Å²) >= 11 is 0. The number of piperidine rings is 1. The standard InChI is InChI=1S/C26H31FN2O2/c27-23-12-10-21(11-13-23)24(30)9-6-16-28-19-14-26(15-20-28,22-7-2-1-3-8-22)25(31)29-17-4-5-18-29/h1-3,7-8,10-13H,4-6,9,14-20H2. The summed E-state index contributed by atoms with van der Waals surface area (Å²) in [4.78, 5) is 30.3. The van der Waals surface area contributed by atoms with Gasteiger partial charge in [-0.2, -0.15) is 0 Å². The average molecular weight is 423 g/mol. The van der Waals surface area contributed by atoms with E-state index in [-0.39, 0.29) is 11.6 Å². The molecule has 0 unspecified atom stereocenters. The van der Waals surface area contributed by atoms with Crippen molar-refractivity contribution in [2.75, 3.05) is 32.7 Å². The van der Waals surface area contributed by atoms with Crippen LogP contribution in [0.1, 0.15) is 54.4 Å². The van der Waals surface area contributed by atoms with E-state index in [1.807, 2.05) is 18.2 Å². The monoisotopic (exact) mass is 422 g/mol. The lowest BCUT2D eigenvalue weighted by Crippen LogP contribution is -2.52. The Balaban J connectivity index is 1.35. The summed E-state index contributed by atoms with van der Waals surface area (Å²) in [6.07, 6.45) is 5.07. The molecule has 0 aliphatic carbocycles. The van der Waals surface area contributed by atoms with Crippen molar-refractivity contribution in [2.45, 2.75) is 43.9 Å². The lowest BCUT2D eigenvalue weighted by atomic mass is 9.71. The Morgan fingerprint density at radius 2 is 1.52 bits per heavy atom. The van der Waals surface area contributed by atoms with E-state index in [4.69, 9.17) is 0 Å². The fraction of sp³-hybridized carbons (Fsp3) is 0.462. The second kappa shape index (κ2) is 9.73. The molecule has 2 aliphatic rings. The summed E-state index contributed by atoms with van der Waals surface area (Å²) in [7, 11) is 0. The van der Waals surface area contributed by atoms with Gasteiger partial charge in [0.25, 0.3) is 0 Å². The first-order valence-electron chi connectivity index (χ1n) is 11.4. The third-order valence-corrected chi connectivity index (χ3v) is 6.88. The van der Waals surface area contributed by atoms with Crippen LogP contribution in [0.3, 0.4) is 0 Å². The predicted octanol–water partition coefficient (Wildman–Crippen LogP) is 4.44. The van der Waals surface area contributed by atoms with Gasteiger partial charge in [0.2, 0.25) is 5.91 Å². The molecule has 5 heteroatoms. The smallest absolute Gasteiger partial charge is 0.233 e. The molecule has 4 nitrogen and oxygen atoms in total. The van der Waals surface area contributed by atoms with E-state index in [0.29, 0.717) is 17.9 Å². The molecule has 2 aromatic carbocycles. The van der Waals surface area contributed by atoms with Gasteiger partial charge in [0.1, 0.15) is 5.82 Å². The van der Waals surface area contributed by atoms with Gasteiger partial charge in [-0.3, -0.25) is 9.59 Å². The highest BCUT2D eigenvalue weighted by Crippen LogP contribution is 2.38. The SMILES string of the molecule is O=C(CCCN1CCC(C(=O)N2CCCC2)(c2ccccc2)CC1)c1ccc(F)cc1. The second-order valence-corrected chi connectivity index (χ2v) is 8.82. The number of hydrogen-bond donors (Lipinski definition) is 0. The van der Waals surface area contributed by atoms with E-state index in [0.717, 1.165) is 70.4 Å². The summed E-state index contributed by atoms with van der Waals surface area (Å²) in [5.74, 6) is 0.0254. The van der Waals surface area contributed by atoms with Crippen LogP contribution in [0.15, 0.2) is 54.6 Å². The fourth-order valence-corrected chi connectivity index (χ4v) is 5.01. The Hall–Kier alpha value is -2.53. The molecule has 31 heavy (non-hydrogen) atoms. The van der Waals surface area contributed by atoms with Crippen molar-refractivity contribution in [2.24, 2.45) is 0 Å². The van der Waals surface area contributed by atoms with E-state index in [9.17, 15) is 14.0 Å². The first-order chi connectivity index (χ1) is 15.1. The van der Waals surface area contributed by atoms with Gasteiger partial charge < -0.3 is 9.80 Å². The van der Waals surface area contributed by atoms with E-state index in [1.165, 1.54) is 12.1 Å². The van der Waals surface area contributed by atoms with Crippen LogP contribution in [-0.4, -0.2) is 54.2 Å². The number of hydrogen-bond acceptors (Lipinski definition) is 3. The molecule has 2 fully saturated rings. The molecule has 0 atom stereocenters. The highest BCUT2D eigenvalue weighted by molar-refractivity contribution is 5.96. The maximum absolute atomic E-state index is 13.5. The number of Topliss-reactive ketones (excluding diaryl/α,β-unsaturated/α-hetero) is 1. The van der Waals surface area contributed by atoms with Crippen LogP contribution in [0, 0.1) is 5.82 Å². The second-order valence-electron chi connectivity index (χ2n) is 8.82. The Morgan fingerprint density at radius 3 is 2.16 bits per heavy atom. The molecule has 2 aromatic rings. The summed E-state index contributed by atoms with van der Waals surface area (Å²) < 4.78 is 13.0. The number of benzene rings is 2. The first kappa shape index (κ1) is 21.7. The minimum Gasteiger partial charge on any atom is -0.342 e. The van der Waals surface area contributed by atoms with Gasteiger partial charge in [0, 0.05) is 25.1 Å². The van der Waals surface area contributed by atoms with Crippen molar-refractivity contribution in [3.8, 4) is 0 Å². The van der Waals surface area contributed by atoms with Gasteiger partial charge in [-0.15, -0.1) is 0 Å². The Kier molecular flexibility index (Phi) is 6.81. The van der Waals surface area contributed by atoms with Crippen LogP contribution in [-0.2, 0) is 10.2 Å². The van der Waals surface area contributed by atoms with E-state index < -0.39 is 5.41 Å². The number of nitrogens with zero attached hydrogens (tertiary/aromatic N) is 2. The number of likely N-dealkylation sites (tertiary alicyclic amines) is 2. The molecule has 2 heterocycles. The Bertz CT molecular complexity index is 883. The number of carbonyl (C=O) groups is 2. The predicted molar refractivity (Wildman–Crippen MR) is 120 cm³/mol. The van der Waals surface area contributed by atoms with Crippen molar-refractivity contribution in [1.82, 2.24) is 9.80 Å². The molecule has 2 aliphatic heterocycles. The zero-order valence-electron chi connectivity index (χ0n) is 18.1. The van der Waals surface area contributed by atoms with Crippen molar-refractivity contribution < 1.29 is 14.0 Å². The summed E-state index contributed by atoms with van der Waals surface area (Å²) in [6.45, 7) is 4.32. The van der Waals surface area contributed by atoms with Gasteiger partial charge in [0.15, 0.2) is 5.78 Å². The lowest BCUT2D eigenvalue weighted by molar-refractivity contribution is -0.138. The van der Waals surface area contributed by atoms with Crippen LogP contribution in [0.2, 0.25) is 0 Å². The van der Waals surface area contributed by atoms with Crippen LogP contribution in [0.4, 0.5) is 4.39 Å². The van der Waals surface area contributed by atoms with Crippen LogP contribution in [0.5, 0.6) is 0 Å². The molecule has 0 N–H and O–H groups in total. The molecule has 0 aromatic heterocycles. The fourth-order valence-electron chi connectivity index (χ4n) is 5.01. The largest absolute Gasteiger partial charge is 0.342 e. The van der Waals surface area contributed by atoms with Crippen molar-refractivity contribution in [3.63, 3.8) is 0 Å². The molecule has 0 bridgehead atoms. The number of amides is 1. The molecular weight excluding hydrogens is 391 g/mol. The Labute approximate surface area is 184 Å². The molecule has 1 amide bonds. The number of ketones is 1. The molecule has 0 radical (unpaired) electrons. The Morgan fingerprint density at radius 1 is 0.871 bits per heavy atom. The van der Waals surface area contributed by atoms with Gasteiger partial charge in [-0.05, 0) is 81.6 Å². The highest BCUT2D eigenvalue weighted by atomic mass is 19.1. The van der Waals surface area contributed by atoms with Gasteiger partial charge in [-0.1, -0.05) is 30.3 Å². The van der Waals surface area contributed by atoms with E-state index >= 15 is 0 Å². The molecular formula is C26H31FN2O2. The quantitative estimate of drug-likeness (QED) is 0.619. The zero-order valence-corrected chi connectivity index (χ0v) is 18.1.